The summed E-state index contributed by atoms with van der Waals surface area (Å²) in [4.78, 5) is 8.70. The molecule has 0 saturated heterocycles. The van der Waals surface area contributed by atoms with Crippen LogP contribution in [-0.4, -0.2) is 19.7 Å². The lowest BCUT2D eigenvalue weighted by Crippen LogP contribution is -1.95. The Hall–Kier alpha value is -2.01. The van der Waals surface area contributed by atoms with E-state index in [1.165, 1.54) is 12.1 Å². The Morgan fingerprint density at radius 3 is 2.53 bits per heavy atom. The van der Waals surface area contributed by atoms with Gasteiger partial charge in [0.25, 0.3) is 0 Å². The fourth-order valence-corrected chi connectivity index (χ4v) is 2.31. The van der Waals surface area contributed by atoms with Crippen LogP contribution in [0.3, 0.4) is 0 Å². The zero-order valence-electron chi connectivity index (χ0n) is 10.4. The van der Waals surface area contributed by atoms with E-state index < -0.39 is 0 Å². The Labute approximate surface area is 113 Å². The van der Waals surface area contributed by atoms with E-state index in [1.54, 1.807) is 23.9 Å². The lowest BCUT2D eigenvalue weighted by Gasteiger charge is -2.02. The van der Waals surface area contributed by atoms with E-state index in [0.29, 0.717) is 27.6 Å². The Morgan fingerprint density at radius 1 is 1.16 bits per heavy atom. The van der Waals surface area contributed by atoms with E-state index in [4.69, 9.17) is 11.6 Å². The van der Waals surface area contributed by atoms with Crippen LogP contribution in [0, 0.1) is 12.7 Å². The van der Waals surface area contributed by atoms with Crippen LogP contribution in [0.4, 0.5) is 4.39 Å². The molecule has 3 rings (SSSR count). The maximum Gasteiger partial charge on any atom is 0.161 e. The topological polar surface area (TPSA) is 43.6 Å². The van der Waals surface area contributed by atoms with Crippen LogP contribution in [0.15, 0.2) is 24.3 Å². The Kier molecular flexibility index (Phi) is 2.71. The first-order valence-electron chi connectivity index (χ1n) is 5.69. The first-order chi connectivity index (χ1) is 9.06. The molecular formula is C13H10ClFN4. The molecule has 96 valence electrons. The zero-order chi connectivity index (χ0) is 13.6. The minimum Gasteiger partial charge on any atom is -0.263 e. The highest BCUT2D eigenvalue weighted by Gasteiger charge is 2.14. The van der Waals surface area contributed by atoms with E-state index in [0.717, 1.165) is 5.69 Å². The van der Waals surface area contributed by atoms with Crippen molar-refractivity contribution in [2.75, 3.05) is 0 Å². The molecule has 0 aliphatic rings. The summed E-state index contributed by atoms with van der Waals surface area (Å²) in [5.41, 5.74) is 2.91. The van der Waals surface area contributed by atoms with Crippen LogP contribution >= 0.6 is 11.6 Å². The molecule has 0 unspecified atom stereocenters. The van der Waals surface area contributed by atoms with Gasteiger partial charge in [-0.3, -0.25) is 4.68 Å². The second kappa shape index (κ2) is 4.28. The van der Waals surface area contributed by atoms with Crippen molar-refractivity contribution in [3.63, 3.8) is 0 Å². The van der Waals surface area contributed by atoms with Gasteiger partial charge in [-0.2, -0.15) is 5.10 Å². The van der Waals surface area contributed by atoms with Gasteiger partial charge in [0, 0.05) is 12.6 Å². The normalized spacial score (nSPS) is 11.2. The van der Waals surface area contributed by atoms with Gasteiger partial charge in [-0.1, -0.05) is 11.6 Å². The molecule has 0 N–H and O–H groups in total. The van der Waals surface area contributed by atoms with Crippen LogP contribution in [0.1, 0.15) is 5.69 Å². The summed E-state index contributed by atoms with van der Waals surface area (Å²) >= 11 is 6.18. The van der Waals surface area contributed by atoms with Crippen molar-refractivity contribution in [2.45, 2.75) is 6.92 Å². The van der Waals surface area contributed by atoms with Crippen molar-refractivity contribution >= 4 is 22.6 Å². The van der Waals surface area contributed by atoms with E-state index in [9.17, 15) is 4.39 Å². The summed E-state index contributed by atoms with van der Waals surface area (Å²) in [6.07, 6.45) is 0. The van der Waals surface area contributed by atoms with Gasteiger partial charge in [0.15, 0.2) is 11.0 Å². The molecule has 0 saturated carbocycles. The molecule has 0 radical (unpaired) electrons. The van der Waals surface area contributed by atoms with Gasteiger partial charge in [0.1, 0.15) is 16.9 Å². The van der Waals surface area contributed by atoms with Crippen LogP contribution in [-0.2, 0) is 7.05 Å². The number of aryl methyl sites for hydroxylation is 2. The fourth-order valence-electron chi connectivity index (χ4n) is 2.02. The number of hydrogen-bond donors (Lipinski definition) is 0. The van der Waals surface area contributed by atoms with Gasteiger partial charge in [0.2, 0.25) is 0 Å². The summed E-state index contributed by atoms with van der Waals surface area (Å²) in [5.74, 6) is 0.169. The molecule has 3 aromatic rings. The fraction of sp³-hybridized carbons (Fsp3) is 0.154. The number of nitrogens with zero attached hydrogens (tertiary/aromatic N) is 4. The second-order valence-electron chi connectivity index (χ2n) is 4.25. The number of aromatic nitrogens is 4. The van der Waals surface area contributed by atoms with E-state index >= 15 is 0 Å². The van der Waals surface area contributed by atoms with Crippen molar-refractivity contribution in [1.82, 2.24) is 19.7 Å². The number of benzene rings is 1. The molecule has 0 atom stereocenters. The van der Waals surface area contributed by atoms with Gasteiger partial charge in [-0.15, -0.1) is 0 Å². The predicted octanol–water partition coefficient (Wildman–Crippen LogP) is 3.13. The largest absolute Gasteiger partial charge is 0.263 e. The van der Waals surface area contributed by atoms with Crippen molar-refractivity contribution in [3.8, 4) is 11.4 Å². The lowest BCUT2D eigenvalue weighted by molar-refractivity contribution is 0.628. The summed E-state index contributed by atoms with van der Waals surface area (Å²) in [6, 6.07) is 5.98. The van der Waals surface area contributed by atoms with E-state index in [2.05, 4.69) is 15.1 Å². The minimum atomic E-state index is -0.298. The summed E-state index contributed by atoms with van der Waals surface area (Å²) in [5, 5.41) is 4.61. The monoisotopic (exact) mass is 276 g/mol. The van der Waals surface area contributed by atoms with Gasteiger partial charge < -0.3 is 0 Å². The van der Waals surface area contributed by atoms with Gasteiger partial charge in [-0.25, -0.2) is 14.4 Å². The highest BCUT2D eigenvalue weighted by Crippen LogP contribution is 2.26. The zero-order valence-corrected chi connectivity index (χ0v) is 11.1. The SMILES string of the molecule is Cc1nn(C)c2c(Cl)nc(-c3ccc(F)cc3)nc12. The summed E-state index contributed by atoms with van der Waals surface area (Å²) < 4.78 is 14.6. The maximum absolute atomic E-state index is 12.9. The molecule has 0 bridgehead atoms. The molecule has 2 aromatic heterocycles. The third kappa shape index (κ3) is 1.96. The first-order valence-corrected chi connectivity index (χ1v) is 6.07. The lowest BCUT2D eigenvalue weighted by atomic mass is 10.2. The molecule has 1 aromatic carbocycles. The minimum absolute atomic E-state index is 0.298. The molecule has 4 nitrogen and oxygen atoms in total. The number of fused-ring (bicyclic) bond motifs is 1. The molecule has 0 aliphatic carbocycles. The summed E-state index contributed by atoms with van der Waals surface area (Å²) in [6.45, 7) is 1.86. The smallest absolute Gasteiger partial charge is 0.161 e. The van der Waals surface area contributed by atoms with Crippen molar-refractivity contribution in [2.24, 2.45) is 7.05 Å². The highest BCUT2D eigenvalue weighted by molar-refractivity contribution is 6.33. The Balaban J connectivity index is 2.26. The molecule has 0 amide bonds. The Morgan fingerprint density at radius 2 is 1.84 bits per heavy atom. The first kappa shape index (κ1) is 12.0. The predicted molar refractivity (Wildman–Crippen MR) is 71.4 cm³/mol. The summed E-state index contributed by atoms with van der Waals surface area (Å²) in [7, 11) is 1.79. The molecule has 0 aliphatic heterocycles. The highest BCUT2D eigenvalue weighted by atomic mass is 35.5. The van der Waals surface area contributed by atoms with Crippen molar-refractivity contribution in [1.29, 1.82) is 0 Å². The van der Waals surface area contributed by atoms with E-state index in [-0.39, 0.29) is 5.82 Å². The second-order valence-corrected chi connectivity index (χ2v) is 4.61. The van der Waals surface area contributed by atoms with Crippen molar-refractivity contribution in [3.05, 3.63) is 40.9 Å². The van der Waals surface area contributed by atoms with Crippen LogP contribution in [0.2, 0.25) is 5.15 Å². The van der Waals surface area contributed by atoms with E-state index in [1.807, 2.05) is 6.92 Å². The molecule has 2 heterocycles. The van der Waals surface area contributed by atoms with Crippen molar-refractivity contribution < 1.29 is 4.39 Å². The molecule has 19 heavy (non-hydrogen) atoms. The van der Waals surface area contributed by atoms with Crippen LogP contribution < -0.4 is 0 Å². The third-order valence-corrected chi connectivity index (χ3v) is 3.17. The Bertz CT molecular complexity index is 764. The van der Waals surface area contributed by atoms with Crippen LogP contribution in [0.5, 0.6) is 0 Å². The number of halogens is 2. The molecular weight excluding hydrogens is 267 g/mol. The average molecular weight is 277 g/mol. The molecule has 6 heteroatoms. The van der Waals surface area contributed by atoms with Gasteiger partial charge in [-0.05, 0) is 31.2 Å². The van der Waals surface area contributed by atoms with Gasteiger partial charge in [0.05, 0.1) is 5.69 Å². The van der Waals surface area contributed by atoms with Crippen LogP contribution in [0.25, 0.3) is 22.4 Å². The van der Waals surface area contributed by atoms with Gasteiger partial charge >= 0.3 is 0 Å². The number of rotatable bonds is 1. The molecule has 0 spiro atoms. The quantitative estimate of drug-likeness (QED) is 0.641. The average Bonchev–Trinajstić information content (AvgIpc) is 2.66. The maximum atomic E-state index is 12.9. The molecule has 0 fully saturated rings. The third-order valence-electron chi connectivity index (χ3n) is 2.91. The standard InChI is InChI=1S/C13H10ClFN4/c1-7-10-11(19(2)18-7)12(14)17-13(16-10)8-3-5-9(15)6-4-8/h3-6H,1-2H3. The number of hydrogen-bond acceptors (Lipinski definition) is 3.